The molecule has 1 aromatic rings. The van der Waals surface area contributed by atoms with Gasteiger partial charge in [0.05, 0.1) is 25.2 Å². The summed E-state index contributed by atoms with van der Waals surface area (Å²) >= 11 is 0. The number of nitrogens with one attached hydrogen (secondary N) is 3. The average Bonchev–Trinajstić information content (AvgIpc) is 3.21. The van der Waals surface area contributed by atoms with E-state index in [0.29, 0.717) is 6.54 Å². The Morgan fingerprint density at radius 3 is 2.52 bits per heavy atom. The van der Waals surface area contributed by atoms with Crippen LogP contribution in [0.5, 0.6) is 0 Å². The average molecular weight is 405 g/mol. The van der Waals surface area contributed by atoms with Crippen LogP contribution >= 0.6 is 0 Å². The zero-order chi connectivity index (χ0) is 20.6. The number of aliphatic hydroxyl groups excluding tert-OH is 1. The van der Waals surface area contributed by atoms with Crippen LogP contribution in [0.3, 0.4) is 0 Å². The number of amides is 3. The highest BCUT2D eigenvalue weighted by molar-refractivity contribution is 5.77. The standard InChI is InChI=1S/C21H28FN3O4/c22-15-7-5-14(6-8-15)12-23-20(27)11-17-9-10-18(19(13-26)29-17)25-21(28)24-16-3-1-2-4-16/h5-10,16-19,26H,1-4,11-13H2,(H,23,27)(H2,24,25,28)/t17-,18-,19-/m0/s1. The summed E-state index contributed by atoms with van der Waals surface area (Å²) in [4.78, 5) is 24.3. The number of rotatable bonds is 7. The van der Waals surface area contributed by atoms with Crippen molar-refractivity contribution in [1.82, 2.24) is 16.0 Å². The summed E-state index contributed by atoms with van der Waals surface area (Å²) in [5.74, 6) is -0.540. The van der Waals surface area contributed by atoms with Crippen molar-refractivity contribution < 1.29 is 23.8 Å². The van der Waals surface area contributed by atoms with Crippen molar-refractivity contribution in [2.45, 2.75) is 62.9 Å². The number of hydrogen-bond acceptors (Lipinski definition) is 4. The fraction of sp³-hybridized carbons (Fsp3) is 0.524. The van der Waals surface area contributed by atoms with E-state index in [-0.39, 0.29) is 36.8 Å². The molecule has 3 amide bonds. The van der Waals surface area contributed by atoms with Crippen molar-refractivity contribution in [3.8, 4) is 0 Å². The van der Waals surface area contributed by atoms with Crippen LogP contribution < -0.4 is 16.0 Å². The zero-order valence-corrected chi connectivity index (χ0v) is 16.3. The highest BCUT2D eigenvalue weighted by Gasteiger charge is 2.29. The van der Waals surface area contributed by atoms with Crippen LogP contribution in [0.1, 0.15) is 37.7 Å². The molecule has 8 heteroatoms. The number of carbonyl (C=O) groups is 2. The van der Waals surface area contributed by atoms with Crippen LogP contribution in [0.2, 0.25) is 0 Å². The van der Waals surface area contributed by atoms with Crippen LogP contribution in [0.25, 0.3) is 0 Å². The van der Waals surface area contributed by atoms with Crippen LogP contribution in [0, 0.1) is 5.82 Å². The van der Waals surface area contributed by atoms with E-state index in [1.165, 1.54) is 12.1 Å². The monoisotopic (exact) mass is 405 g/mol. The maximum atomic E-state index is 12.9. The first kappa shape index (κ1) is 21.3. The molecule has 0 radical (unpaired) electrons. The van der Waals surface area contributed by atoms with Crippen molar-refractivity contribution in [3.63, 3.8) is 0 Å². The number of hydrogen-bond donors (Lipinski definition) is 4. The van der Waals surface area contributed by atoms with Crippen LogP contribution in [-0.4, -0.2) is 47.9 Å². The van der Waals surface area contributed by atoms with E-state index in [1.54, 1.807) is 24.3 Å². The predicted molar refractivity (Wildman–Crippen MR) is 105 cm³/mol. The fourth-order valence-corrected chi connectivity index (χ4v) is 3.64. The minimum atomic E-state index is -0.621. The van der Waals surface area contributed by atoms with Gasteiger partial charge in [-0.1, -0.05) is 37.1 Å². The lowest BCUT2D eigenvalue weighted by molar-refractivity contribution is -0.125. The Hall–Kier alpha value is -2.45. The maximum Gasteiger partial charge on any atom is 0.315 e. The smallest absolute Gasteiger partial charge is 0.315 e. The van der Waals surface area contributed by atoms with Gasteiger partial charge in [-0.3, -0.25) is 4.79 Å². The van der Waals surface area contributed by atoms with Gasteiger partial charge >= 0.3 is 6.03 Å². The second kappa shape index (κ2) is 10.4. The second-order valence-electron chi connectivity index (χ2n) is 7.51. The molecule has 0 bridgehead atoms. The van der Waals surface area contributed by atoms with Gasteiger partial charge in [-0.25, -0.2) is 9.18 Å². The van der Waals surface area contributed by atoms with Gasteiger partial charge in [0.2, 0.25) is 5.91 Å². The minimum Gasteiger partial charge on any atom is -0.394 e. The third-order valence-electron chi connectivity index (χ3n) is 5.24. The number of ether oxygens (including phenoxy) is 1. The molecule has 1 aliphatic carbocycles. The van der Waals surface area contributed by atoms with Crippen molar-refractivity contribution in [2.24, 2.45) is 0 Å². The SMILES string of the molecule is O=C(C[C@@H]1C=C[C@H](NC(=O)NC2CCCC2)[C@H](CO)O1)NCc1ccc(F)cc1. The second-order valence-corrected chi connectivity index (χ2v) is 7.51. The number of benzene rings is 1. The summed E-state index contributed by atoms with van der Waals surface area (Å²) in [5, 5.41) is 18.1. The number of aliphatic hydroxyl groups is 1. The molecular formula is C21H28FN3O4. The highest BCUT2D eigenvalue weighted by atomic mass is 19.1. The predicted octanol–water partition coefficient (Wildman–Crippen LogP) is 1.76. The van der Waals surface area contributed by atoms with Crippen molar-refractivity contribution in [3.05, 3.63) is 47.8 Å². The van der Waals surface area contributed by atoms with E-state index in [9.17, 15) is 19.1 Å². The number of halogens is 1. The Bertz CT molecular complexity index is 719. The molecule has 1 heterocycles. The van der Waals surface area contributed by atoms with Crippen LogP contribution in [0.4, 0.5) is 9.18 Å². The van der Waals surface area contributed by atoms with Gasteiger partial charge in [0, 0.05) is 12.6 Å². The van der Waals surface area contributed by atoms with Gasteiger partial charge in [0.1, 0.15) is 11.9 Å². The fourth-order valence-electron chi connectivity index (χ4n) is 3.64. The summed E-state index contributed by atoms with van der Waals surface area (Å²) in [6, 6.07) is 5.38. The Morgan fingerprint density at radius 2 is 1.83 bits per heavy atom. The van der Waals surface area contributed by atoms with Crippen molar-refractivity contribution >= 4 is 11.9 Å². The number of carbonyl (C=O) groups excluding carboxylic acids is 2. The summed E-state index contributed by atoms with van der Waals surface area (Å²) in [6.07, 6.45) is 6.70. The molecule has 7 nitrogen and oxygen atoms in total. The molecule has 4 N–H and O–H groups in total. The van der Waals surface area contributed by atoms with Gasteiger partial charge in [-0.15, -0.1) is 0 Å². The molecule has 3 atom stereocenters. The van der Waals surface area contributed by atoms with Gasteiger partial charge < -0.3 is 25.8 Å². The van der Waals surface area contributed by atoms with E-state index in [4.69, 9.17) is 4.74 Å². The Labute approximate surface area is 169 Å². The van der Waals surface area contributed by atoms with Crippen LogP contribution in [0.15, 0.2) is 36.4 Å². The summed E-state index contributed by atoms with van der Waals surface area (Å²) in [7, 11) is 0. The lowest BCUT2D eigenvalue weighted by atomic mass is 10.0. The first-order valence-electron chi connectivity index (χ1n) is 10.1. The topological polar surface area (TPSA) is 99.7 Å². The van der Waals surface area contributed by atoms with Gasteiger partial charge in [-0.2, -0.15) is 0 Å². The molecule has 1 saturated carbocycles. The molecule has 158 valence electrons. The molecule has 0 spiro atoms. The maximum absolute atomic E-state index is 12.9. The van der Waals surface area contributed by atoms with Gasteiger partial charge in [0.25, 0.3) is 0 Å². The van der Waals surface area contributed by atoms with E-state index >= 15 is 0 Å². The van der Waals surface area contributed by atoms with E-state index < -0.39 is 18.2 Å². The lowest BCUT2D eigenvalue weighted by Crippen LogP contribution is -2.53. The molecule has 2 aliphatic rings. The summed E-state index contributed by atoms with van der Waals surface area (Å²) in [6.45, 7) is 0.0247. The molecule has 29 heavy (non-hydrogen) atoms. The van der Waals surface area contributed by atoms with E-state index in [0.717, 1.165) is 31.2 Å². The summed E-state index contributed by atoms with van der Waals surface area (Å²) < 4.78 is 18.7. The molecule has 0 aromatic heterocycles. The van der Waals surface area contributed by atoms with Crippen molar-refractivity contribution in [2.75, 3.05) is 6.61 Å². The third kappa shape index (κ3) is 6.54. The van der Waals surface area contributed by atoms with E-state index in [1.807, 2.05) is 0 Å². The molecule has 1 fully saturated rings. The number of urea groups is 1. The molecule has 0 saturated heterocycles. The van der Waals surface area contributed by atoms with Gasteiger partial charge in [-0.05, 0) is 30.5 Å². The molecule has 1 aromatic carbocycles. The van der Waals surface area contributed by atoms with Crippen LogP contribution in [-0.2, 0) is 16.1 Å². The highest BCUT2D eigenvalue weighted by Crippen LogP contribution is 2.18. The van der Waals surface area contributed by atoms with Gasteiger partial charge in [0.15, 0.2) is 0 Å². The Morgan fingerprint density at radius 1 is 1.10 bits per heavy atom. The summed E-state index contributed by atoms with van der Waals surface area (Å²) in [5.41, 5.74) is 0.797. The first-order chi connectivity index (χ1) is 14.0. The largest absolute Gasteiger partial charge is 0.394 e. The molecule has 1 aliphatic heterocycles. The normalized spacial score (nSPS) is 24.3. The minimum absolute atomic E-state index is 0.0924. The zero-order valence-electron chi connectivity index (χ0n) is 16.3. The molecule has 0 unspecified atom stereocenters. The third-order valence-corrected chi connectivity index (χ3v) is 5.24. The first-order valence-corrected chi connectivity index (χ1v) is 10.1. The quantitative estimate of drug-likeness (QED) is 0.520. The Balaban J connectivity index is 1.45. The van der Waals surface area contributed by atoms with E-state index in [2.05, 4.69) is 16.0 Å². The molecule has 3 rings (SSSR count). The molecular weight excluding hydrogens is 377 g/mol. The van der Waals surface area contributed by atoms with Crippen molar-refractivity contribution in [1.29, 1.82) is 0 Å². The Kier molecular flexibility index (Phi) is 7.60. The lowest BCUT2D eigenvalue weighted by Gasteiger charge is -2.32.